The Labute approximate surface area is 185 Å². The highest BCUT2D eigenvalue weighted by molar-refractivity contribution is 5.97. The summed E-state index contributed by atoms with van der Waals surface area (Å²) in [5.41, 5.74) is 1.83. The number of benzene rings is 1. The minimum atomic E-state index is -4.87. The van der Waals surface area contributed by atoms with Crippen molar-refractivity contribution in [3.8, 4) is 0 Å². The van der Waals surface area contributed by atoms with Crippen molar-refractivity contribution in [3.05, 3.63) is 65.5 Å². The number of nitrogens with two attached hydrogens (primary N) is 1. The fourth-order valence-electron chi connectivity index (χ4n) is 3.96. The fraction of sp³-hybridized carbons (Fsp3) is 0.318. The molecular weight excluding hydrogens is 449 g/mol. The molecule has 3 rings (SSSR count). The van der Waals surface area contributed by atoms with Crippen LogP contribution >= 0.6 is 0 Å². The molecule has 11 heteroatoms. The largest absolute Gasteiger partial charge is 0.417 e. The lowest BCUT2D eigenvalue weighted by Gasteiger charge is -2.32. The van der Waals surface area contributed by atoms with Crippen LogP contribution in [0.2, 0.25) is 0 Å². The number of hydrogen-bond donors (Lipinski definition) is 2. The van der Waals surface area contributed by atoms with Crippen molar-refractivity contribution in [1.82, 2.24) is 4.98 Å². The van der Waals surface area contributed by atoms with Crippen LogP contribution in [0.4, 0.5) is 27.6 Å². The molecule has 33 heavy (non-hydrogen) atoms. The van der Waals surface area contributed by atoms with Gasteiger partial charge < -0.3 is 15.8 Å². The molecule has 3 N–H and O–H groups in total. The highest BCUT2D eigenvalue weighted by Gasteiger charge is 2.65. The summed E-state index contributed by atoms with van der Waals surface area (Å²) in [7, 11) is 0. The van der Waals surface area contributed by atoms with Crippen LogP contribution in [-0.4, -0.2) is 34.7 Å². The van der Waals surface area contributed by atoms with E-state index in [1.54, 1.807) is 0 Å². The molecule has 1 aromatic carbocycles. The lowest BCUT2D eigenvalue weighted by molar-refractivity contribution is -0.272. The fourth-order valence-corrected chi connectivity index (χ4v) is 3.96. The zero-order valence-electron chi connectivity index (χ0n) is 17.5. The summed E-state index contributed by atoms with van der Waals surface area (Å²) < 4.78 is 75.3. The van der Waals surface area contributed by atoms with Gasteiger partial charge in [0, 0.05) is 29.3 Å². The first-order valence-electron chi connectivity index (χ1n) is 9.73. The normalized spacial score (nSPS) is 25.0. The van der Waals surface area contributed by atoms with E-state index in [1.165, 1.54) is 19.2 Å². The van der Waals surface area contributed by atoms with Gasteiger partial charge in [-0.25, -0.2) is 8.78 Å². The van der Waals surface area contributed by atoms with Gasteiger partial charge in [-0.2, -0.15) is 13.2 Å². The Kier molecular flexibility index (Phi) is 6.29. The number of anilines is 1. The van der Waals surface area contributed by atoms with Crippen molar-refractivity contribution in [1.29, 1.82) is 0 Å². The van der Waals surface area contributed by atoms with Crippen LogP contribution in [0.3, 0.4) is 0 Å². The zero-order chi connectivity index (χ0) is 24.7. The Balaban J connectivity index is 2.08. The number of primary amides is 1. The summed E-state index contributed by atoms with van der Waals surface area (Å²) in [4.78, 5) is 28.1. The van der Waals surface area contributed by atoms with Gasteiger partial charge in [-0.15, -0.1) is 0 Å². The van der Waals surface area contributed by atoms with Crippen molar-refractivity contribution in [2.45, 2.75) is 37.6 Å². The molecule has 2 amide bonds. The number of alkyl halides is 3. The molecule has 176 valence electrons. The standard InChI is InChI=1S/C22H20F5N3O3/c1-4-12-13(5-6-14(23)17(12)24)16-10(2)21(3,22(25,26)27)33-18(16)20(32)30-11-7-8-29-15(9-11)19(28)31/h4-10,16,18H,1H2,2-3H3,(H2,28,31)(H,29,30,32)/t10-,16-,18+,21+/m1/s1. The van der Waals surface area contributed by atoms with Gasteiger partial charge in [-0.3, -0.25) is 14.6 Å². The molecular formula is C22H20F5N3O3. The van der Waals surface area contributed by atoms with Crippen LogP contribution < -0.4 is 11.1 Å². The third kappa shape index (κ3) is 4.20. The van der Waals surface area contributed by atoms with Gasteiger partial charge in [0.15, 0.2) is 17.2 Å². The third-order valence-electron chi connectivity index (χ3n) is 5.94. The van der Waals surface area contributed by atoms with Crippen molar-refractivity contribution in [2.24, 2.45) is 11.7 Å². The van der Waals surface area contributed by atoms with Crippen LogP contribution in [0.5, 0.6) is 0 Å². The van der Waals surface area contributed by atoms with E-state index in [2.05, 4.69) is 16.9 Å². The van der Waals surface area contributed by atoms with Gasteiger partial charge in [-0.05, 0) is 30.7 Å². The number of amides is 2. The molecule has 0 bridgehead atoms. The van der Waals surface area contributed by atoms with E-state index < -0.39 is 53.2 Å². The van der Waals surface area contributed by atoms with E-state index in [1.807, 2.05) is 0 Å². The zero-order valence-corrected chi connectivity index (χ0v) is 17.5. The van der Waals surface area contributed by atoms with E-state index in [0.29, 0.717) is 0 Å². The Morgan fingerprint density at radius 2 is 1.94 bits per heavy atom. The smallest absolute Gasteiger partial charge is 0.364 e. The first-order valence-corrected chi connectivity index (χ1v) is 9.73. The molecule has 2 aromatic rings. The molecule has 6 nitrogen and oxygen atoms in total. The van der Waals surface area contributed by atoms with Gasteiger partial charge in [-0.1, -0.05) is 25.6 Å². The lowest BCUT2D eigenvalue weighted by atomic mass is 9.75. The second-order valence-corrected chi connectivity index (χ2v) is 7.81. The molecule has 0 unspecified atom stereocenters. The molecule has 1 saturated heterocycles. The Morgan fingerprint density at radius 3 is 2.52 bits per heavy atom. The summed E-state index contributed by atoms with van der Waals surface area (Å²) in [5, 5.41) is 2.38. The SMILES string of the molecule is C=Cc1c([C@@H]2[C@@H](C(=O)Nc3ccnc(C(N)=O)c3)O[C@](C)(C(F)(F)F)[C@@H]2C)ccc(F)c1F. The number of carbonyl (C=O) groups is 2. The predicted octanol–water partition coefficient (Wildman–Crippen LogP) is 4.18. The second kappa shape index (κ2) is 8.54. The maximum atomic E-state index is 14.4. The molecule has 0 radical (unpaired) electrons. The topological polar surface area (TPSA) is 94.3 Å². The number of nitrogens with one attached hydrogen (secondary N) is 1. The summed E-state index contributed by atoms with van der Waals surface area (Å²) in [6, 6.07) is 4.32. The van der Waals surface area contributed by atoms with Gasteiger partial charge in [0.2, 0.25) is 0 Å². The van der Waals surface area contributed by atoms with Crippen molar-refractivity contribution >= 4 is 23.6 Å². The Morgan fingerprint density at radius 1 is 1.27 bits per heavy atom. The number of nitrogens with zero attached hydrogens (tertiary/aromatic N) is 1. The van der Waals surface area contributed by atoms with Crippen molar-refractivity contribution in [3.63, 3.8) is 0 Å². The summed E-state index contributed by atoms with van der Waals surface area (Å²) in [5.74, 6) is -7.05. The third-order valence-corrected chi connectivity index (χ3v) is 5.94. The number of pyridine rings is 1. The highest BCUT2D eigenvalue weighted by Crippen LogP contribution is 2.54. The maximum absolute atomic E-state index is 14.4. The van der Waals surface area contributed by atoms with Gasteiger partial charge in [0.25, 0.3) is 11.8 Å². The van der Waals surface area contributed by atoms with E-state index in [4.69, 9.17) is 10.5 Å². The first kappa shape index (κ1) is 24.3. The number of carbonyl (C=O) groups excluding carboxylic acids is 2. The monoisotopic (exact) mass is 469 g/mol. The van der Waals surface area contributed by atoms with Crippen LogP contribution in [0.1, 0.15) is 41.4 Å². The van der Waals surface area contributed by atoms with E-state index in [0.717, 1.165) is 31.2 Å². The molecule has 1 aliphatic rings. The lowest BCUT2D eigenvalue weighted by Crippen LogP contribution is -2.47. The molecule has 2 heterocycles. The highest BCUT2D eigenvalue weighted by atomic mass is 19.4. The van der Waals surface area contributed by atoms with Crippen molar-refractivity contribution < 1.29 is 36.3 Å². The van der Waals surface area contributed by atoms with Gasteiger partial charge in [0.05, 0.1) is 0 Å². The van der Waals surface area contributed by atoms with Gasteiger partial charge >= 0.3 is 6.18 Å². The maximum Gasteiger partial charge on any atom is 0.417 e. The van der Waals surface area contributed by atoms with Crippen LogP contribution in [0.25, 0.3) is 6.08 Å². The number of ether oxygens (including phenoxy) is 1. The average Bonchev–Trinajstić information content (AvgIpc) is 3.02. The quantitative estimate of drug-likeness (QED) is 0.643. The molecule has 0 spiro atoms. The average molecular weight is 469 g/mol. The number of rotatable bonds is 5. The van der Waals surface area contributed by atoms with E-state index >= 15 is 0 Å². The molecule has 0 saturated carbocycles. The van der Waals surface area contributed by atoms with E-state index in [9.17, 15) is 31.5 Å². The van der Waals surface area contributed by atoms with Crippen LogP contribution in [-0.2, 0) is 9.53 Å². The van der Waals surface area contributed by atoms with E-state index in [-0.39, 0.29) is 22.5 Å². The second-order valence-electron chi connectivity index (χ2n) is 7.81. The van der Waals surface area contributed by atoms with Gasteiger partial charge in [0.1, 0.15) is 11.8 Å². The molecule has 1 aliphatic heterocycles. The Hall–Kier alpha value is -3.34. The number of hydrogen-bond acceptors (Lipinski definition) is 4. The molecule has 1 aromatic heterocycles. The van der Waals surface area contributed by atoms with Crippen LogP contribution in [0, 0.1) is 17.6 Å². The number of halogens is 5. The summed E-state index contributed by atoms with van der Waals surface area (Å²) >= 11 is 0. The summed E-state index contributed by atoms with van der Waals surface area (Å²) in [6.07, 6.45) is -4.46. The predicted molar refractivity (Wildman–Crippen MR) is 109 cm³/mol. The minimum Gasteiger partial charge on any atom is -0.364 e. The molecule has 4 atom stereocenters. The van der Waals surface area contributed by atoms with Crippen LogP contribution in [0.15, 0.2) is 37.0 Å². The molecule has 1 fully saturated rings. The Bertz CT molecular complexity index is 1120. The number of aromatic nitrogens is 1. The minimum absolute atomic E-state index is 0.0358. The summed E-state index contributed by atoms with van der Waals surface area (Å²) in [6.45, 7) is 5.43. The van der Waals surface area contributed by atoms with Crippen molar-refractivity contribution in [2.75, 3.05) is 5.32 Å². The molecule has 0 aliphatic carbocycles. The first-order chi connectivity index (χ1) is 15.3.